The van der Waals surface area contributed by atoms with E-state index in [9.17, 15) is 4.79 Å². The third-order valence-corrected chi connectivity index (χ3v) is 4.71. The number of amides is 1. The number of aryl methyl sites for hydroxylation is 1. The van der Waals surface area contributed by atoms with E-state index in [1.165, 1.54) is 5.56 Å². The van der Waals surface area contributed by atoms with Crippen LogP contribution in [0.5, 0.6) is 0 Å². The molecule has 0 aliphatic carbocycles. The maximum atomic E-state index is 12.3. The summed E-state index contributed by atoms with van der Waals surface area (Å²) in [6, 6.07) is 20.6. The van der Waals surface area contributed by atoms with Crippen LogP contribution in [-0.2, 0) is 6.42 Å². The van der Waals surface area contributed by atoms with Crippen molar-refractivity contribution in [3.8, 4) is 0 Å². The van der Waals surface area contributed by atoms with Gasteiger partial charge < -0.3 is 10.6 Å². The van der Waals surface area contributed by atoms with Crippen molar-refractivity contribution in [1.82, 2.24) is 0 Å². The molecule has 3 nitrogen and oxygen atoms in total. The molecule has 0 radical (unpaired) electrons. The van der Waals surface area contributed by atoms with Crippen LogP contribution in [0.25, 0.3) is 0 Å². The molecule has 3 aromatic carbocycles. The molecule has 3 rings (SSSR count). The summed E-state index contributed by atoms with van der Waals surface area (Å²) in [5.41, 5.74) is 4.43. The molecule has 2 N–H and O–H groups in total. The largest absolute Gasteiger partial charge is 0.356 e. The highest BCUT2D eigenvalue weighted by molar-refractivity contribution is 6.42. The first-order chi connectivity index (χ1) is 12.5. The number of halogens is 2. The Bertz CT molecular complexity index is 906. The maximum absolute atomic E-state index is 12.3. The standard InChI is InChI=1S/C21H18Cl2N2O/c1-2-14-3-6-16(7-4-14)24-17-8-10-18(11-9-17)25-21(26)15-5-12-19(22)20(23)13-15/h3-13,24H,2H2,1H3,(H,25,26). The molecule has 5 heteroatoms. The minimum Gasteiger partial charge on any atom is -0.356 e. The van der Waals surface area contributed by atoms with E-state index in [0.717, 1.165) is 17.8 Å². The number of anilines is 3. The van der Waals surface area contributed by atoms with E-state index < -0.39 is 0 Å². The predicted molar refractivity (Wildman–Crippen MR) is 110 cm³/mol. The van der Waals surface area contributed by atoms with Gasteiger partial charge in [0.05, 0.1) is 10.0 Å². The molecule has 0 aromatic heterocycles. The SMILES string of the molecule is CCc1ccc(Nc2ccc(NC(=O)c3ccc(Cl)c(Cl)c3)cc2)cc1. The van der Waals surface area contributed by atoms with Gasteiger partial charge in [0.1, 0.15) is 0 Å². The van der Waals surface area contributed by atoms with Gasteiger partial charge in [0.15, 0.2) is 0 Å². The van der Waals surface area contributed by atoms with Gasteiger partial charge in [-0.25, -0.2) is 0 Å². The Morgan fingerprint density at radius 1 is 0.808 bits per heavy atom. The molecule has 0 aliphatic heterocycles. The second kappa shape index (κ2) is 8.26. The average Bonchev–Trinajstić information content (AvgIpc) is 2.66. The van der Waals surface area contributed by atoms with Crippen LogP contribution in [0, 0.1) is 0 Å². The predicted octanol–water partition coefficient (Wildman–Crippen LogP) is 6.55. The van der Waals surface area contributed by atoms with Crippen molar-refractivity contribution < 1.29 is 4.79 Å². The Kier molecular flexibility index (Phi) is 5.82. The quantitative estimate of drug-likeness (QED) is 0.523. The van der Waals surface area contributed by atoms with E-state index in [-0.39, 0.29) is 5.91 Å². The average molecular weight is 385 g/mol. The minimum atomic E-state index is -0.237. The molecule has 0 atom stereocenters. The summed E-state index contributed by atoms with van der Waals surface area (Å²) in [5, 5.41) is 6.96. The lowest BCUT2D eigenvalue weighted by Gasteiger charge is -2.09. The van der Waals surface area contributed by atoms with Crippen LogP contribution < -0.4 is 10.6 Å². The molecule has 0 heterocycles. The Labute approximate surface area is 163 Å². The van der Waals surface area contributed by atoms with Gasteiger partial charge in [-0.1, -0.05) is 42.3 Å². The van der Waals surface area contributed by atoms with E-state index in [1.54, 1.807) is 18.2 Å². The Balaban J connectivity index is 1.65. The first kappa shape index (κ1) is 18.3. The highest BCUT2D eigenvalue weighted by atomic mass is 35.5. The van der Waals surface area contributed by atoms with E-state index in [2.05, 4.69) is 41.8 Å². The van der Waals surface area contributed by atoms with E-state index in [0.29, 0.717) is 21.3 Å². The zero-order valence-corrected chi connectivity index (χ0v) is 15.7. The van der Waals surface area contributed by atoms with E-state index in [1.807, 2.05) is 24.3 Å². The number of carbonyl (C=O) groups excluding carboxylic acids is 1. The van der Waals surface area contributed by atoms with Gasteiger partial charge in [0.25, 0.3) is 5.91 Å². The minimum absolute atomic E-state index is 0.237. The van der Waals surface area contributed by atoms with Gasteiger partial charge in [0, 0.05) is 22.6 Å². The Hall–Kier alpha value is -2.49. The summed E-state index contributed by atoms with van der Waals surface area (Å²) >= 11 is 11.8. The van der Waals surface area contributed by atoms with Crippen LogP contribution in [0.3, 0.4) is 0 Å². The fraction of sp³-hybridized carbons (Fsp3) is 0.0952. The molecule has 0 aliphatic rings. The molecule has 0 unspecified atom stereocenters. The van der Waals surface area contributed by atoms with Crippen molar-refractivity contribution in [3.05, 3.63) is 87.9 Å². The lowest BCUT2D eigenvalue weighted by Crippen LogP contribution is -2.11. The Morgan fingerprint density at radius 3 is 1.96 bits per heavy atom. The number of benzene rings is 3. The van der Waals surface area contributed by atoms with Gasteiger partial charge in [-0.3, -0.25) is 4.79 Å². The first-order valence-corrected chi connectivity index (χ1v) is 9.03. The van der Waals surface area contributed by atoms with E-state index in [4.69, 9.17) is 23.2 Å². The van der Waals surface area contributed by atoms with Gasteiger partial charge >= 0.3 is 0 Å². The maximum Gasteiger partial charge on any atom is 0.255 e. The van der Waals surface area contributed by atoms with Crippen molar-refractivity contribution in [3.63, 3.8) is 0 Å². The highest BCUT2D eigenvalue weighted by Crippen LogP contribution is 2.24. The highest BCUT2D eigenvalue weighted by Gasteiger charge is 2.08. The third kappa shape index (κ3) is 4.57. The summed E-state index contributed by atoms with van der Waals surface area (Å²) < 4.78 is 0. The number of hydrogen-bond acceptors (Lipinski definition) is 2. The number of rotatable bonds is 5. The molecule has 3 aromatic rings. The molecule has 1 amide bonds. The van der Waals surface area contributed by atoms with Gasteiger partial charge in [-0.05, 0) is 66.6 Å². The molecule has 26 heavy (non-hydrogen) atoms. The van der Waals surface area contributed by atoms with Crippen molar-refractivity contribution in [1.29, 1.82) is 0 Å². The van der Waals surface area contributed by atoms with Crippen LogP contribution >= 0.6 is 23.2 Å². The monoisotopic (exact) mass is 384 g/mol. The normalized spacial score (nSPS) is 10.4. The zero-order chi connectivity index (χ0) is 18.5. The zero-order valence-electron chi connectivity index (χ0n) is 14.2. The molecule has 0 bridgehead atoms. The number of carbonyl (C=O) groups is 1. The summed E-state index contributed by atoms with van der Waals surface area (Å²) in [5.74, 6) is -0.237. The van der Waals surface area contributed by atoms with Crippen LogP contribution in [0.15, 0.2) is 66.7 Å². The summed E-state index contributed by atoms with van der Waals surface area (Å²) in [6.07, 6.45) is 1.02. The first-order valence-electron chi connectivity index (χ1n) is 8.27. The number of nitrogens with one attached hydrogen (secondary N) is 2. The molecule has 0 spiro atoms. The lowest BCUT2D eigenvalue weighted by molar-refractivity contribution is 0.102. The Morgan fingerprint density at radius 2 is 1.38 bits per heavy atom. The smallest absolute Gasteiger partial charge is 0.255 e. The van der Waals surface area contributed by atoms with Gasteiger partial charge in [-0.2, -0.15) is 0 Å². The van der Waals surface area contributed by atoms with Crippen LogP contribution in [0.2, 0.25) is 10.0 Å². The topological polar surface area (TPSA) is 41.1 Å². The van der Waals surface area contributed by atoms with Crippen molar-refractivity contribution in [2.75, 3.05) is 10.6 Å². The summed E-state index contributed by atoms with van der Waals surface area (Å²) in [6.45, 7) is 2.13. The fourth-order valence-electron chi connectivity index (χ4n) is 2.47. The molecule has 0 saturated carbocycles. The molecule has 0 saturated heterocycles. The van der Waals surface area contributed by atoms with Gasteiger partial charge in [0.2, 0.25) is 0 Å². The second-order valence-electron chi connectivity index (χ2n) is 5.84. The third-order valence-electron chi connectivity index (χ3n) is 3.98. The van der Waals surface area contributed by atoms with Crippen molar-refractivity contribution >= 4 is 46.2 Å². The summed E-state index contributed by atoms with van der Waals surface area (Å²) in [4.78, 5) is 12.3. The summed E-state index contributed by atoms with van der Waals surface area (Å²) in [7, 11) is 0. The fourth-order valence-corrected chi connectivity index (χ4v) is 2.77. The number of hydrogen-bond donors (Lipinski definition) is 2. The van der Waals surface area contributed by atoms with Crippen LogP contribution in [0.1, 0.15) is 22.8 Å². The molecular weight excluding hydrogens is 367 g/mol. The molecular formula is C21H18Cl2N2O. The lowest BCUT2D eigenvalue weighted by atomic mass is 10.1. The van der Waals surface area contributed by atoms with Gasteiger partial charge in [-0.15, -0.1) is 0 Å². The molecule has 132 valence electrons. The van der Waals surface area contributed by atoms with Crippen molar-refractivity contribution in [2.24, 2.45) is 0 Å². The molecule has 0 fully saturated rings. The second-order valence-corrected chi connectivity index (χ2v) is 6.65. The van der Waals surface area contributed by atoms with E-state index >= 15 is 0 Å². The van der Waals surface area contributed by atoms with Crippen LogP contribution in [0.4, 0.5) is 17.1 Å². The van der Waals surface area contributed by atoms with Crippen LogP contribution in [-0.4, -0.2) is 5.91 Å². The van der Waals surface area contributed by atoms with Crippen molar-refractivity contribution in [2.45, 2.75) is 13.3 Å².